The Morgan fingerprint density at radius 3 is 1.85 bits per heavy atom. The van der Waals surface area contributed by atoms with Crippen LogP contribution in [-0.4, -0.2) is 48.7 Å². The number of hydrogen-bond donors (Lipinski definition) is 0. The Hall–Kier alpha value is -2.29. The van der Waals surface area contributed by atoms with Crippen LogP contribution < -0.4 is 0 Å². The third-order valence-electron chi connectivity index (χ3n) is 4.16. The molecule has 0 aliphatic carbocycles. The van der Waals surface area contributed by atoms with Gasteiger partial charge in [-0.3, -0.25) is 33.0 Å². The minimum Gasteiger partial charge on any atom is -0.465 e. The van der Waals surface area contributed by atoms with Gasteiger partial charge in [0.1, 0.15) is 0 Å². The third-order valence-corrected chi connectivity index (χ3v) is 6.25. The van der Waals surface area contributed by atoms with Crippen LogP contribution in [0.3, 0.4) is 0 Å². The Balaban J connectivity index is 3.14. The SMILES string of the molecule is CCOC(=O)C(Cc1cccnc1)P(=O)(OCOC(=O)C(C)(C)C)OCOC(=O)C(C)(C)C. The summed E-state index contributed by atoms with van der Waals surface area (Å²) in [5, 5.41) is 0. The summed E-state index contributed by atoms with van der Waals surface area (Å²) in [6.07, 6.45) is 2.95. The first kappa shape index (κ1) is 28.7. The lowest BCUT2D eigenvalue weighted by atomic mass is 9.98. The molecule has 0 aromatic carbocycles. The van der Waals surface area contributed by atoms with Crippen LogP contribution in [-0.2, 0) is 48.6 Å². The smallest absolute Gasteiger partial charge is 0.351 e. The lowest BCUT2D eigenvalue weighted by Gasteiger charge is -2.26. The van der Waals surface area contributed by atoms with Crippen LogP contribution in [0.5, 0.6) is 0 Å². The molecular formula is C22H34NO9P. The predicted molar refractivity (Wildman–Crippen MR) is 119 cm³/mol. The van der Waals surface area contributed by atoms with Crippen molar-refractivity contribution >= 4 is 25.5 Å². The summed E-state index contributed by atoms with van der Waals surface area (Å²) in [6, 6.07) is 3.34. The number of esters is 3. The topological polar surface area (TPSA) is 127 Å². The van der Waals surface area contributed by atoms with Crippen molar-refractivity contribution in [3.63, 3.8) is 0 Å². The quantitative estimate of drug-likeness (QED) is 0.196. The standard InChI is InChI=1S/C22H34NO9P/c1-8-28-18(24)17(12-16-10-9-11-23-13-16)33(27,31-14-29-19(25)21(2,3)4)32-15-30-20(26)22(5,6)7/h9-11,13,17H,8,12,14-15H2,1-7H3. The lowest BCUT2D eigenvalue weighted by molar-refractivity contribution is -0.162. The van der Waals surface area contributed by atoms with Gasteiger partial charge in [0.2, 0.25) is 13.6 Å². The molecule has 1 heterocycles. The Morgan fingerprint density at radius 1 is 0.939 bits per heavy atom. The van der Waals surface area contributed by atoms with E-state index in [1.54, 1.807) is 66.8 Å². The van der Waals surface area contributed by atoms with Crippen molar-refractivity contribution in [2.24, 2.45) is 10.8 Å². The van der Waals surface area contributed by atoms with Crippen LogP contribution in [0.1, 0.15) is 54.0 Å². The normalized spacial score (nSPS) is 13.2. The van der Waals surface area contributed by atoms with Crippen LogP contribution in [0, 0.1) is 10.8 Å². The Kier molecular flexibility index (Phi) is 10.7. The van der Waals surface area contributed by atoms with Gasteiger partial charge in [0.25, 0.3) is 0 Å². The molecule has 0 saturated heterocycles. The highest BCUT2D eigenvalue weighted by molar-refractivity contribution is 7.55. The van der Waals surface area contributed by atoms with Gasteiger partial charge < -0.3 is 14.2 Å². The van der Waals surface area contributed by atoms with E-state index >= 15 is 0 Å². The summed E-state index contributed by atoms with van der Waals surface area (Å²) >= 11 is 0. The molecule has 1 rings (SSSR count). The van der Waals surface area contributed by atoms with Gasteiger partial charge in [-0.2, -0.15) is 0 Å². The maximum atomic E-state index is 13.7. The van der Waals surface area contributed by atoms with Crippen molar-refractivity contribution in [1.29, 1.82) is 0 Å². The zero-order valence-electron chi connectivity index (χ0n) is 20.3. The van der Waals surface area contributed by atoms with E-state index in [1.165, 1.54) is 6.20 Å². The van der Waals surface area contributed by atoms with Gasteiger partial charge in [0, 0.05) is 12.4 Å². The molecule has 33 heavy (non-hydrogen) atoms. The van der Waals surface area contributed by atoms with E-state index in [-0.39, 0.29) is 13.0 Å². The number of rotatable bonds is 11. The van der Waals surface area contributed by atoms with Crippen molar-refractivity contribution in [1.82, 2.24) is 4.98 Å². The molecule has 1 unspecified atom stereocenters. The van der Waals surface area contributed by atoms with Crippen molar-refractivity contribution in [2.75, 3.05) is 20.2 Å². The number of nitrogens with zero attached hydrogens (tertiary/aromatic N) is 1. The predicted octanol–water partition coefficient (Wildman–Crippen LogP) is 3.88. The summed E-state index contributed by atoms with van der Waals surface area (Å²) in [4.78, 5) is 40.8. The third kappa shape index (κ3) is 9.61. The molecule has 1 aromatic rings. The summed E-state index contributed by atoms with van der Waals surface area (Å²) < 4.78 is 39.6. The first-order valence-electron chi connectivity index (χ1n) is 10.5. The molecule has 11 heteroatoms. The average Bonchev–Trinajstić information content (AvgIpc) is 2.71. The molecule has 0 amide bonds. The molecular weight excluding hydrogens is 453 g/mol. The van der Waals surface area contributed by atoms with Crippen molar-refractivity contribution < 1.29 is 42.2 Å². The molecule has 0 spiro atoms. The molecule has 1 atom stereocenters. The summed E-state index contributed by atoms with van der Waals surface area (Å²) in [6.45, 7) is 10.0. The highest BCUT2D eigenvalue weighted by Gasteiger charge is 2.44. The van der Waals surface area contributed by atoms with Crippen LogP contribution in [0.15, 0.2) is 24.5 Å². The highest BCUT2D eigenvalue weighted by atomic mass is 31.2. The molecule has 10 nitrogen and oxygen atoms in total. The van der Waals surface area contributed by atoms with Gasteiger partial charge >= 0.3 is 25.5 Å². The summed E-state index contributed by atoms with van der Waals surface area (Å²) in [5.41, 5.74) is -2.50. The molecule has 1 aromatic heterocycles. The van der Waals surface area contributed by atoms with Crippen molar-refractivity contribution in [2.45, 2.75) is 60.5 Å². The minimum atomic E-state index is -4.35. The molecule has 0 fully saturated rings. The van der Waals surface area contributed by atoms with Crippen LogP contribution in [0.25, 0.3) is 0 Å². The van der Waals surface area contributed by atoms with Gasteiger partial charge in [0.15, 0.2) is 5.66 Å². The fourth-order valence-electron chi connectivity index (χ4n) is 2.26. The maximum absolute atomic E-state index is 13.7. The Morgan fingerprint density at radius 2 is 1.45 bits per heavy atom. The summed E-state index contributed by atoms with van der Waals surface area (Å²) in [7, 11) is -4.35. The van der Waals surface area contributed by atoms with E-state index in [4.69, 9.17) is 23.3 Å². The summed E-state index contributed by atoms with van der Waals surface area (Å²) in [5.74, 6) is -2.05. The lowest BCUT2D eigenvalue weighted by Crippen LogP contribution is -2.30. The molecule has 0 bridgehead atoms. The molecule has 0 saturated carbocycles. The number of carbonyl (C=O) groups excluding carboxylic acids is 3. The van der Waals surface area contributed by atoms with E-state index in [1.807, 2.05) is 0 Å². The van der Waals surface area contributed by atoms with E-state index in [2.05, 4.69) is 4.98 Å². The number of pyridine rings is 1. The van der Waals surface area contributed by atoms with E-state index < -0.39 is 55.6 Å². The second kappa shape index (κ2) is 12.3. The number of carbonyl (C=O) groups is 3. The van der Waals surface area contributed by atoms with E-state index in [9.17, 15) is 18.9 Å². The second-order valence-corrected chi connectivity index (χ2v) is 11.4. The largest absolute Gasteiger partial charge is 0.465 e. The molecule has 0 aliphatic heterocycles. The fourth-order valence-corrected chi connectivity index (χ4v) is 3.86. The maximum Gasteiger partial charge on any atom is 0.351 e. The number of ether oxygens (including phenoxy) is 3. The average molecular weight is 487 g/mol. The molecule has 0 aliphatic rings. The monoisotopic (exact) mass is 487 g/mol. The molecule has 186 valence electrons. The van der Waals surface area contributed by atoms with Crippen LogP contribution >= 0.6 is 7.60 Å². The molecule has 0 radical (unpaired) electrons. The molecule has 0 N–H and O–H groups in total. The number of hydrogen-bond acceptors (Lipinski definition) is 10. The zero-order valence-corrected chi connectivity index (χ0v) is 21.2. The van der Waals surface area contributed by atoms with Crippen molar-refractivity contribution in [3.8, 4) is 0 Å². The van der Waals surface area contributed by atoms with Gasteiger partial charge in [-0.25, -0.2) is 0 Å². The van der Waals surface area contributed by atoms with Gasteiger partial charge in [0.05, 0.1) is 17.4 Å². The van der Waals surface area contributed by atoms with E-state index in [0.29, 0.717) is 5.56 Å². The Labute approximate surface area is 194 Å². The zero-order chi connectivity index (χ0) is 25.3. The second-order valence-electron chi connectivity index (χ2n) is 9.23. The number of aromatic nitrogens is 1. The van der Waals surface area contributed by atoms with Gasteiger partial charge in [-0.15, -0.1) is 0 Å². The van der Waals surface area contributed by atoms with Crippen LogP contribution in [0.2, 0.25) is 0 Å². The van der Waals surface area contributed by atoms with Gasteiger partial charge in [-0.1, -0.05) is 6.07 Å². The minimum absolute atomic E-state index is 0.0282. The Bertz CT molecular complexity index is 808. The fraction of sp³-hybridized carbons (Fsp3) is 0.636. The van der Waals surface area contributed by atoms with Crippen LogP contribution in [0.4, 0.5) is 0 Å². The first-order valence-corrected chi connectivity index (χ1v) is 12.1. The first-order chi connectivity index (χ1) is 15.2. The highest BCUT2D eigenvalue weighted by Crippen LogP contribution is 2.54. The van der Waals surface area contributed by atoms with Crippen molar-refractivity contribution in [3.05, 3.63) is 30.1 Å². The van der Waals surface area contributed by atoms with E-state index in [0.717, 1.165) is 0 Å². The van der Waals surface area contributed by atoms with Gasteiger partial charge in [-0.05, 0) is 66.5 Å².